The number of methoxy groups -OCH3 is 1. The minimum absolute atomic E-state index is 0.0311. The predicted octanol–water partition coefficient (Wildman–Crippen LogP) is 7.61. The summed E-state index contributed by atoms with van der Waals surface area (Å²) < 4.78 is 14.5. The highest BCUT2D eigenvalue weighted by molar-refractivity contribution is 6.32. The monoisotopic (exact) mass is 689 g/mol. The van der Waals surface area contributed by atoms with Crippen LogP contribution in [-0.2, 0) is 25.1 Å². The number of benzene rings is 3. The van der Waals surface area contributed by atoms with Crippen molar-refractivity contribution >= 4 is 35.1 Å². The lowest BCUT2D eigenvalue weighted by molar-refractivity contribution is 0.251. The van der Waals surface area contributed by atoms with E-state index in [9.17, 15) is 14.7 Å². The first-order valence-electron chi connectivity index (χ1n) is 15.2. The van der Waals surface area contributed by atoms with Crippen molar-refractivity contribution in [3.63, 3.8) is 0 Å². The van der Waals surface area contributed by atoms with Gasteiger partial charge in [-0.05, 0) is 60.0 Å². The first kappa shape index (κ1) is 34.4. The Morgan fingerprint density at radius 1 is 0.958 bits per heavy atom. The van der Waals surface area contributed by atoms with Crippen molar-refractivity contribution in [3.05, 3.63) is 127 Å². The van der Waals surface area contributed by atoms with Gasteiger partial charge in [-0.3, -0.25) is 10.1 Å². The topological polar surface area (TPSA) is 120 Å². The van der Waals surface area contributed by atoms with E-state index in [0.717, 1.165) is 22.4 Å². The molecule has 0 spiro atoms. The average Bonchev–Trinajstić information content (AvgIpc) is 3.49. The molecule has 0 bridgehead atoms. The van der Waals surface area contributed by atoms with Crippen molar-refractivity contribution in [2.75, 3.05) is 12.4 Å². The van der Waals surface area contributed by atoms with Gasteiger partial charge in [0.05, 0.1) is 30.1 Å². The van der Waals surface area contributed by atoms with Crippen molar-refractivity contribution in [1.29, 1.82) is 0 Å². The van der Waals surface area contributed by atoms with Crippen molar-refractivity contribution in [1.82, 2.24) is 19.7 Å². The summed E-state index contributed by atoms with van der Waals surface area (Å²) in [6, 6.07) is 22.6. The number of nitrogens with zero attached hydrogens (tertiary/aromatic N) is 3. The molecule has 3 N–H and O–H groups in total. The standard InChI is InChI=1S/C36H37Cl2N5O5/c1-22-16-30(33(38)34(45)42(22)20-23-10-15-28(37)29(17-23)47-5)48-21-25-9-7-6-8-24(25)19-39-35(46)40-32-18-31(36(2,3)4)41-43(32)26-11-13-27(44)14-12-26/h6-18,44H,19-21H2,1-5H3,(H2,39,40,46). The SMILES string of the molecule is COc1cc(Cn2c(C)cc(OCc3ccccc3CNC(=O)Nc3cc(C(C)(C)C)nn3-c3ccc(O)cc3)c(Cl)c2=O)ccc1Cl. The van der Waals surface area contributed by atoms with Crippen molar-refractivity contribution in [3.8, 4) is 22.9 Å². The maximum absolute atomic E-state index is 13.2. The number of anilines is 1. The molecule has 0 aliphatic rings. The summed E-state index contributed by atoms with van der Waals surface area (Å²) in [6.45, 7) is 8.55. The number of aromatic hydroxyl groups is 1. The van der Waals surface area contributed by atoms with Gasteiger partial charge in [-0.2, -0.15) is 5.10 Å². The fraction of sp³-hybridized carbons (Fsp3) is 0.250. The van der Waals surface area contributed by atoms with Crippen LogP contribution >= 0.6 is 23.2 Å². The van der Waals surface area contributed by atoms with Gasteiger partial charge in [0.2, 0.25) is 0 Å². The summed E-state index contributed by atoms with van der Waals surface area (Å²) >= 11 is 12.7. The van der Waals surface area contributed by atoms with E-state index in [1.54, 1.807) is 51.7 Å². The Morgan fingerprint density at radius 3 is 2.35 bits per heavy atom. The third-order valence-electron chi connectivity index (χ3n) is 7.73. The number of aromatic nitrogens is 3. The molecule has 0 aliphatic carbocycles. The largest absolute Gasteiger partial charge is 0.508 e. The summed E-state index contributed by atoms with van der Waals surface area (Å²) in [5.41, 5.74) is 3.98. The number of hydrogen-bond acceptors (Lipinski definition) is 6. The van der Waals surface area contributed by atoms with Crippen LogP contribution in [0.1, 0.15) is 48.8 Å². The van der Waals surface area contributed by atoms with Crippen LogP contribution in [0.3, 0.4) is 0 Å². The fourth-order valence-electron chi connectivity index (χ4n) is 4.99. The zero-order valence-corrected chi connectivity index (χ0v) is 28.8. The third-order valence-corrected chi connectivity index (χ3v) is 8.39. The molecule has 0 radical (unpaired) electrons. The molecular formula is C36H37Cl2N5O5. The molecule has 0 fully saturated rings. The Balaban J connectivity index is 1.27. The van der Waals surface area contributed by atoms with E-state index < -0.39 is 6.03 Å². The quantitative estimate of drug-likeness (QED) is 0.139. The molecule has 5 rings (SSSR count). The average molecular weight is 691 g/mol. The molecule has 48 heavy (non-hydrogen) atoms. The number of ether oxygens (including phenoxy) is 2. The van der Waals surface area contributed by atoms with Crippen molar-refractivity contribution in [2.24, 2.45) is 0 Å². The number of phenolic OH excluding ortho intramolecular Hbond substituents is 1. The van der Waals surface area contributed by atoms with E-state index in [-0.39, 0.29) is 47.2 Å². The Bertz CT molecular complexity index is 2000. The number of carbonyl (C=O) groups excluding carboxylic acids is 1. The van der Waals surface area contributed by atoms with Crippen LogP contribution < -0.4 is 25.7 Å². The molecule has 3 aromatic carbocycles. The second-order valence-corrected chi connectivity index (χ2v) is 13.1. The molecule has 0 saturated carbocycles. The normalized spacial score (nSPS) is 11.3. The summed E-state index contributed by atoms with van der Waals surface area (Å²) in [6.07, 6.45) is 0. The minimum Gasteiger partial charge on any atom is -0.508 e. The van der Waals surface area contributed by atoms with E-state index in [1.165, 1.54) is 7.11 Å². The second kappa shape index (κ2) is 14.5. The van der Waals surface area contributed by atoms with Gasteiger partial charge in [-0.1, -0.05) is 74.3 Å². The van der Waals surface area contributed by atoms with E-state index >= 15 is 0 Å². The van der Waals surface area contributed by atoms with Crippen LogP contribution in [0, 0.1) is 6.92 Å². The minimum atomic E-state index is -0.424. The van der Waals surface area contributed by atoms with Crippen LogP contribution in [0.25, 0.3) is 5.69 Å². The number of pyridine rings is 1. The molecule has 0 atom stereocenters. The molecule has 250 valence electrons. The van der Waals surface area contributed by atoms with Gasteiger partial charge >= 0.3 is 6.03 Å². The molecule has 12 heteroatoms. The summed E-state index contributed by atoms with van der Waals surface area (Å²) in [5.74, 6) is 1.40. The molecular weight excluding hydrogens is 653 g/mol. The molecule has 2 heterocycles. The van der Waals surface area contributed by atoms with Crippen LogP contribution in [-0.4, -0.2) is 32.6 Å². The number of aryl methyl sites for hydroxylation is 1. The van der Waals surface area contributed by atoms with Gasteiger partial charge in [0.25, 0.3) is 5.56 Å². The highest BCUT2D eigenvalue weighted by atomic mass is 35.5. The van der Waals surface area contributed by atoms with Crippen LogP contribution in [0.15, 0.2) is 83.7 Å². The number of urea groups is 1. The van der Waals surface area contributed by atoms with Crippen molar-refractivity contribution < 1.29 is 19.4 Å². The number of halogens is 2. The molecule has 0 aliphatic heterocycles. The Morgan fingerprint density at radius 2 is 1.67 bits per heavy atom. The molecule has 5 aromatic rings. The lowest BCUT2D eigenvalue weighted by atomic mass is 9.92. The van der Waals surface area contributed by atoms with Gasteiger partial charge < -0.3 is 24.5 Å². The smallest absolute Gasteiger partial charge is 0.320 e. The zero-order valence-electron chi connectivity index (χ0n) is 27.3. The first-order chi connectivity index (χ1) is 22.8. The predicted molar refractivity (Wildman–Crippen MR) is 188 cm³/mol. The van der Waals surface area contributed by atoms with Crippen molar-refractivity contribution in [2.45, 2.75) is 52.8 Å². The number of nitrogens with one attached hydrogen (secondary N) is 2. The Kier molecular flexibility index (Phi) is 10.4. The van der Waals surface area contributed by atoms with Gasteiger partial charge in [-0.15, -0.1) is 0 Å². The Labute approximate surface area is 288 Å². The highest BCUT2D eigenvalue weighted by Crippen LogP contribution is 2.29. The van der Waals surface area contributed by atoms with Gasteiger partial charge in [0.1, 0.15) is 34.7 Å². The molecule has 10 nitrogen and oxygen atoms in total. The van der Waals surface area contributed by atoms with E-state index in [4.69, 9.17) is 37.8 Å². The molecule has 2 aromatic heterocycles. The second-order valence-electron chi connectivity index (χ2n) is 12.3. The van der Waals surface area contributed by atoms with Crippen LogP contribution in [0.5, 0.6) is 17.2 Å². The third kappa shape index (κ3) is 7.95. The number of phenols is 1. The van der Waals surface area contributed by atoms with E-state index in [0.29, 0.717) is 28.0 Å². The lowest BCUT2D eigenvalue weighted by Gasteiger charge is -2.16. The first-order valence-corrected chi connectivity index (χ1v) is 16.0. The summed E-state index contributed by atoms with van der Waals surface area (Å²) in [7, 11) is 1.54. The van der Waals surface area contributed by atoms with Crippen LogP contribution in [0.2, 0.25) is 10.0 Å². The summed E-state index contributed by atoms with van der Waals surface area (Å²) in [4.78, 5) is 26.4. The number of rotatable bonds is 10. The fourth-order valence-corrected chi connectivity index (χ4v) is 5.40. The molecule has 0 unspecified atom stereocenters. The summed E-state index contributed by atoms with van der Waals surface area (Å²) in [5, 5.41) is 20.7. The Hall–Kier alpha value is -4.93. The molecule has 0 saturated heterocycles. The van der Waals surface area contributed by atoms with Gasteiger partial charge in [0.15, 0.2) is 0 Å². The van der Waals surface area contributed by atoms with E-state index in [2.05, 4.69) is 10.6 Å². The van der Waals surface area contributed by atoms with Gasteiger partial charge in [-0.25, -0.2) is 9.48 Å². The molecule has 2 amide bonds. The number of amides is 2. The maximum Gasteiger partial charge on any atom is 0.320 e. The van der Waals surface area contributed by atoms with E-state index in [1.807, 2.05) is 64.1 Å². The number of hydrogen-bond donors (Lipinski definition) is 3. The highest BCUT2D eigenvalue weighted by Gasteiger charge is 2.22. The lowest BCUT2D eigenvalue weighted by Crippen LogP contribution is -2.29. The van der Waals surface area contributed by atoms with Gasteiger partial charge in [0, 0.05) is 29.8 Å². The maximum atomic E-state index is 13.2. The van der Waals surface area contributed by atoms with Crippen LogP contribution in [0.4, 0.5) is 10.6 Å². The zero-order chi connectivity index (χ0) is 34.6. The number of carbonyl (C=O) groups is 1.